The maximum atomic E-state index is 11.8. The number of hydrogen-bond donors (Lipinski definition) is 2. The van der Waals surface area contributed by atoms with Crippen LogP contribution in [-0.2, 0) is 4.79 Å². The fourth-order valence-corrected chi connectivity index (χ4v) is 1.87. The Balaban J connectivity index is 2.25. The number of rotatable bonds is 5. The second kappa shape index (κ2) is 6.36. The van der Waals surface area contributed by atoms with Crippen LogP contribution in [0.1, 0.15) is 39.5 Å². The van der Waals surface area contributed by atoms with Crippen molar-refractivity contribution in [2.24, 2.45) is 0 Å². The number of likely N-dealkylation sites (N-methyl/N-ethyl adjacent to an activating group) is 1. The average molecular weight is 241 g/mol. The van der Waals surface area contributed by atoms with Crippen LogP contribution < -0.4 is 10.6 Å². The molecular weight excluding hydrogens is 214 g/mol. The van der Waals surface area contributed by atoms with Crippen LogP contribution in [0.15, 0.2) is 0 Å². The van der Waals surface area contributed by atoms with E-state index >= 15 is 0 Å². The minimum absolute atomic E-state index is 0.00958. The molecule has 0 aromatic heterocycles. The zero-order valence-corrected chi connectivity index (χ0v) is 11.7. The van der Waals surface area contributed by atoms with Crippen molar-refractivity contribution in [3.8, 4) is 0 Å². The highest BCUT2D eigenvalue weighted by Crippen LogP contribution is 2.11. The van der Waals surface area contributed by atoms with Gasteiger partial charge in [0.05, 0.1) is 0 Å². The first-order valence-corrected chi connectivity index (χ1v) is 6.59. The topological polar surface area (TPSA) is 44.4 Å². The molecule has 1 aliphatic heterocycles. The van der Waals surface area contributed by atoms with E-state index in [-0.39, 0.29) is 11.4 Å². The Morgan fingerprint density at radius 3 is 2.65 bits per heavy atom. The number of piperidine rings is 1. The largest absolute Gasteiger partial charge is 0.354 e. The summed E-state index contributed by atoms with van der Waals surface area (Å²) >= 11 is 0. The molecule has 0 spiro atoms. The van der Waals surface area contributed by atoms with Crippen LogP contribution in [0.3, 0.4) is 0 Å². The summed E-state index contributed by atoms with van der Waals surface area (Å²) < 4.78 is 0. The third kappa shape index (κ3) is 5.04. The van der Waals surface area contributed by atoms with Gasteiger partial charge in [-0.05, 0) is 47.3 Å². The van der Waals surface area contributed by atoms with Crippen LogP contribution in [-0.4, -0.2) is 49.6 Å². The lowest BCUT2D eigenvalue weighted by Crippen LogP contribution is -2.49. The average Bonchev–Trinajstić information content (AvgIpc) is 2.28. The standard InChI is InChI=1S/C13H27N3O/c1-13(2,16(3)4)10-15-12(17)9-11-7-5-6-8-14-11/h11,14H,5-10H2,1-4H3,(H,15,17). The molecule has 0 aromatic rings. The number of hydrogen-bond acceptors (Lipinski definition) is 3. The second-order valence-electron chi connectivity index (χ2n) is 5.83. The second-order valence-corrected chi connectivity index (χ2v) is 5.83. The molecule has 1 rings (SSSR count). The lowest BCUT2D eigenvalue weighted by molar-refractivity contribution is -0.122. The highest BCUT2D eigenvalue weighted by Gasteiger charge is 2.22. The number of carbonyl (C=O) groups excluding carboxylic acids is 1. The summed E-state index contributed by atoms with van der Waals surface area (Å²) in [5.74, 6) is 0.166. The summed E-state index contributed by atoms with van der Waals surface area (Å²) in [5, 5.41) is 6.43. The number of nitrogens with one attached hydrogen (secondary N) is 2. The lowest BCUT2D eigenvalue weighted by Gasteiger charge is -2.33. The summed E-state index contributed by atoms with van der Waals surface area (Å²) in [6, 6.07) is 0.381. The minimum atomic E-state index is 0.00958. The van der Waals surface area contributed by atoms with E-state index in [0.29, 0.717) is 19.0 Å². The lowest BCUT2D eigenvalue weighted by atomic mass is 10.0. The molecule has 1 amide bonds. The van der Waals surface area contributed by atoms with Gasteiger partial charge in [0.2, 0.25) is 5.91 Å². The highest BCUT2D eigenvalue weighted by atomic mass is 16.1. The maximum Gasteiger partial charge on any atom is 0.221 e. The molecule has 1 aliphatic rings. The molecule has 0 aromatic carbocycles. The Morgan fingerprint density at radius 2 is 2.12 bits per heavy atom. The zero-order valence-electron chi connectivity index (χ0n) is 11.7. The summed E-state index contributed by atoms with van der Waals surface area (Å²) in [6.07, 6.45) is 4.23. The molecule has 1 heterocycles. The van der Waals surface area contributed by atoms with Crippen molar-refractivity contribution < 1.29 is 4.79 Å². The molecule has 0 radical (unpaired) electrons. The molecule has 4 heteroatoms. The monoisotopic (exact) mass is 241 g/mol. The summed E-state index contributed by atoms with van der Waals surface area (Å²) in [6.45, 7) is 6.02. The molecule has 100 valence electrons. The summed E-state index contributed by atoms with van der Waals surface area (Å²) in [4.78, 5) is 13.9. The maximum absolute atomic E-state index is 11.8. The highest BCUT2D eigenvalue weighted by molar-refractivity contribution is 5.76. The Kier molecular flexibility index (Phi) is 5.40. The molecule has 4 nitrogen and oxygen atoms in total. The molecule has 17 heavy (non-hydrogen) atoms. The molecule has 0 bridgehead atoms. The normalized spacial score (nSPS) is 21.6. The van der Waals surface area contributed by atoms with Gasteiger partial charge in [0, 0.05) is 24.5 Å². The van der Waals surface area contributed by atoms with E-state index in [4.69, 9.17) is 0 Å². The van der Waals surface area contributed by atoms with Gasteiger partial charge in [-0.15, -0.1) is 0 Å². The first-order chi connectivity index (χ1) is 7.92. The van der Waals surface area contributed by atoms with Crippen LogP contribution in [0.5, 0.6) is 0 Å². The Labute approximate surface area is 105 Å². The van der Waals surface area contributed by atoms with Gasteiger partial charge in [0.1, 0.15) is 0 Å². The van der Waals surface area contributed by atoms with Crippen molar-refractivity contribution in [3.05, 3.63) is 0 Å². The van der Waals surface area contributed by atoms with Crippen LogP contribution in [0, 0.1) is 0 Å². The minimum Gasteiger partial charge on any atom is -0.354 e. The SMILES string of the molecule is CN(C)C(C)(C)CNC(=O)CC1CCCCN1. The molecule has 1 fully saturated rings. The fraction of sp³-hybridized carbons (Fsp3) is 0.923. The van der Waals surface area contributed by atoms with Crippen molar-refractivity contribution in [3.63, 3.8) is 0 Å². The van der Waals surface area contributed by atoms with Crippen molar-refractivity contribution in [2.45, 2.75) is 51.1 Å². The van der Waals surface area contributed by atoms with Crippen molar-refractivity contribution >= 4 is 5.91 Å². The van der Waals surface area contributed by atoms with Crippen molar-refractivity contribution in [2.75, 3.05) is 27.2 Å². The quantitative estimate of drug-likeness (QED) is 0.754. The molecule has 2 N–H and O–H groups in total. The Bertz CT molecular complexity index is 245. The van der Waals surface area contributed by atoms with Gasteiger partial charge in [-0.25, -0.2) is 0 Å². The van der Waals surface area contributed by atoms with E-state index in [1.54, 1.807) is 0 Å². The van der Waals surface area contributed by atoms with Crippen molar-refractivity contribution in [1.82, 2.24) is 15.5 Å². The number of carbonyl (C=O) groups is 1. The van der Waals surface area contributed by atoms with Gasteiger partial charge in [0.15, 0.2) is 0 Å². The molecular formula is C13H27N3O. The Morgan fingerprint density at radius 1 is 1.41 bits per heavy atom. The van der Waals surface area contributed by atoms with E-state index in [9.17, 15) is 4.79 Å². The molecule has 1 atom stereocenters. The fourth-order valence-electron chi connectivity index (χ4n) is 1.87. The summed E-state index contributed by atoms with van der Waals surface area (Å²) in [7, 11) is 4.07. The van der Waals surface area contributed by atoms with E-state index in [1.165, 1.54) is 12.8 Å². The third-order valence-electron chi connectivity index (χ3n) is 3.77. The third-order valence-corrected chi connectivity index (χ3v) is 3.77. The molecule has 1 saturated heterocycles. The van der Waals surface area contributed by atoms with E-state index in [1.807, 2.05) is 14.1 Å². The zero-order chi connectivity index (χ0) is 12.9. The number of amides is 1. The summed E-state index contributed by atoms with van der Waals surface area (Å²) in [5.41, 5.74) is 0.00958. The van der Waals surface area contributed by atoms with E-state index in [0.717, 1.165) is 13.0 Å². The molecule has 0 saturated carbocycles. The van der Waals surface area contributed by atoms with Gasteiger partial charge in [-0.1, -0.05) is 6.42 Å². The van der Waals surface area contributed by atoms with Crippen LogP contribution in [0.4, 0.5) is 0 Å². The van der Waals surface area contributed by atoms with Gasteiger partial charge in [0.25, 0.3) is 0 Å². The van der Waals surface area contributed by atoms with Crippen molar-refractivity contribution in [1.29, 1.82) is 0 Å². The smallest absolute Gasteiger partial charge is 0.221 e. The Hall–Kier alpha value is -0.610. The molecule has 1 unspecified atom stereocenters. The van der Waals surface area contributed by atoms with Gasteiger partial charge in [-0.3, -0.25) is 4.79 Å². The number of nitrogens with zero attached hydrogens (tertiary/aromatic N) is 1. The van der Waals surface area contributed by atoms with Crippen LogP contribution >= 0.6 is 0 Å². The first kappa shape index (κ1) is 14.5. The molecule has 0 aliphatic carbocycles. The van der Waals surface area contributed by atoms with Gasteiger partial charge >= 0.3 is 0 Å². The predicted molar refractivity (Wildman–Crippen MR) is 71.0 cm³/mol. The van der Waals surface area contributed by atoms with Gasteiger partial charge < -0.3 is 15.5 Å². The van der Waals surface area contributed by atoms with Gasteiger partial charge in [-0.2, -0.15) is 0 Å². The first-order valence-electron chi connectivity index (χ1n) is 6.59. The van der Waals surface area contributed by atoms with E-state index < -0.39 is 0 Å². The van der Waals surface area contributed by atoms with Crippen LogP contribution in [0.2, 0.25) is 0 Å². The van der Waals surface area contributed by atoms with Crippen LogP contribution in [0.25, 0.3) is 0 Å². The van der Waals surface area contributed by atoms with E-state index in [2.05, 4.69) is 29.4 Å². The predicted octanol–water partition coefficient (Wildman–Crippen LogP) is 0.975.